The van der Waals surface area contributed by atoms with E-state index in [2.05, 4.69) is 21.1 Å². The van der Waals surface area contributed by atoms with Gasteiger partial charge in [-0.1, -0.05) is 40.1 Å². The number of aromatic hydroxyl groups is 2. The number of rotatable bonds is 3. The van der Waals surface area contributed by atoms with Crippen LogP contribution in [0.1, 0.15) is 18.9 Å². The molecule has 0 heterocycles. The maximum atomic E-state index is 10.1. The Morgan fingerprint density at radius 3 is 2.30 bits per heavy atom. The van der Waals surface area contributed by atoms with E-state index in [0.717, 1.165) is 10.0 Å². The standard InChI is InChI=1S/C15H14BrNO3/c1-2-12(17-20)11-7-8-13(18)15(19)14(11)9-3-5-10(16)6-4-9/h3-8,18-20H,2H2,1H3. The normalized spacial score (nSPS) is 11.6. The molecule has 20 heavy (non-hydrogen) atoms. The lowest BCUT2D eigenvalue weighted by Crippen LogP contribution is -2.02. The maximum Gasteiger partial charge on any atom is 0.166 e. The van der Waals surface area contributed by atoms with Crippen LogP contribution in [0.5, 0.6) is 11.5 Å². The summed E-state index contributed by atoms with van der Waals surface area (Å²) < 4.78 is 0.911. The SMILES string of the molecule is CCC(=NO)c1ccc(O)c(O)c1-c1ccc(Br)cc1. The Morgan fingerprint density at radius 1 is 1.10 bits per heavy atom. The van der Waals surface area contributed by atoms with Crippen LogP contribution in [0.4, 0.5) is 0 Å². The molecule has 104 valence electrons. The highest BCUT2D eigenvalue weighted by molar-refractivity contribution is 9.10. The summed E-state index contributed by atoms with van der Waals surface area (Å²) >= 11 is 3.35. The number of phenolic OH excluding ortho intramolecular Hbond substituents is 2. The van der Waals surface area contributed by atoms with Gasteiger partial charge in [0.1, 0.15) is 0 Å². The molecule has 0 radical (unpaired) electrons. The summed E-state index contributed by atoms with van der Waals surface area (Å²) in [6.45, 7) is 1.85. The molecule has 0 bridgehead atoms. The predicted octanol–water partition coefficient (Wildman–Crippen LogP) is 4.12. The second kappa shape index (κ2) is 5.96. The van der Waals surface area contributed by atoms with Crippen molar-refractivity contribution in [3.05, 3.63) is 46.4 Å². The number of nitrogens with zero attached hydrogens (tertiary/aromatic N) is 1. The number of benzene rings is 2. The van der Waals surface area contributed by atoms with Crippen LogP contribution in [-0.4, -0.2) is 21.1 Å². The molecule has 0 spiro atoms. The molecule has 0 atom stereocenters. The van der Waals surface area contributed by atoms with Gasteiger partial charge in [0.25, 0.3) is 0 Å². The molecule has 2 aromatic rings. The first-order chi connectivity index (χ1) is 9.58. The van der Waals surface area contributed by atoms with Crippen molar-refractivity contribution in [2.75, 3.05) is 0 Å². The van der Waals surface area contributed by atoms with Crippen LogP contribution in [-0.2, 0) is 0 Å². The summed E-state index contributed by atoms with van der Waals surface area (Å²) in [6, 6.07) is 10.3. The van der Waals surface area contributed by atoms with Crippen molar-refractivity contribution < 1.29 is 15.4 Å². The lowest BCUT2D eigenvalue weighted by atomic mass is 9.94. The minimum atomic E-state index is -0.223. The van der Waals surface area contributed by atoms with E-state index in [9.17, 15) is 10.2 Å². The first-order valence-corrected chi connectivity index (χ1v) is 6.90. The van der Waals surface area contributed by atoms with E-state index in [4.69, 9.17) is 5.21 Å². The van der Waals surface area contributed by atoms with Crippen molar-refractivity contribution in [3.63, 3.8) is 0 Å². The van der Waals surface area contributed by atoms with E-state index in [1.54, 1.807) is 6.07 Å². The van der Waals surface area contributed by atoms with Crippen molar-refractivity contribution in [2.24, 2.45) is 5.16 Å². The number of hydrogen-bond donors (Lipinski definition) is 3. The zero-order valence-electron chi connectivity index (χ0n) is 10.8. The maximum absolute atomic E-state index is 10.1. The third kappa shape index (κ3) is 2.63. The van der Waals surface area contributed by atoms with Crippen LogP contribution in [0.3, 0.4) is 0 Å². The van der Waals surface area contributed by atoms with Gasteiger partial charge in [0, 0.05) is 15.6 Å². The highest BCUT2D eigenvalue weighted by Gasteiger charge is 2.17. The minimum Gasteiger partial charge on any atom is -0.504 e. The fraction of sp³-hybridized carbons (Fsp3) is 0.133. The number of hydrogen-bond acceptors (Lipinski definition) is 4. The molecule has 3 N–H and O–H groups in total. The Morgan fingerprint density at radius 2 is 1.75 bits per heavy atom. The quantitative estimate of drug-likeness (QED) is 0.342. The fourth-order valence-corrected chi connectivity index (χ4v) is 2.31. The molecule has 0 saturated carbocycles. The Balaban J connectivity index is 2.72. The average Bonchev–Trinajstić information content (AvgIpc) is 2.45. The lowest BCUT2D eigenvalue weighted by molar-refractivity contribution is 0.318. The van der Waals surface area contributed by atoms with Crippen molar-refractivity contribution in [2.45, 2.75) is 13.3 Å². The van der Waals surface area contributed by atoms with Gasteiger partial charge in [-0.15, -0.1) is 0 Å². The van der Waals surface area contributed by atoms with Crippen molar-refractivity contribution in [3.8, 4) is 22.6 Å². The summed E-state index contributed by atoms with van der Waals surface area (Å²) in [5, 5.41) is 32.2. The topological polar surface area (TPSA) is 73.1 Å². The Kier molecular flexibility index (Phi) is 4.29. The zero-order valence-corrected chi connectivity index (χ0v) is 12.4. The number of phenols is 2. The van der Waals surface area contributed by atoms with Crippen LogP contribution in [0.2, 0.25) is 0 Å². The van der Waals surface area contributed by atoms with Gasteiger partial charge >= 0.3 is 0 Å². The molecule has 0 amide bonds. The van der Waals surface area contributed by atoms with Gasteiger partial charge in [-0.3, -0.25) is 0 Å². The molecule has 0 aliphatic heterocycles. The molecule has 2 rings (SSSR count). The second-order valence-electron chi connectivity index (χ2n) is 4.26. The third-order valence-corrected chi connectivity index (χ3v) is 3.58. The average molecular weight is 336 g/mol. The molecule has 0 aliphatic carbocycles. The summed E-state index contributed by atoms with van der Waals surface area (Å²) in [7, 11) is 0. The van der Waals surface area contributed by atoms with Crippen molar-refractivity contribution in [1.29, 1.82) is 0 Å². The zero-order chi connectivity index (χ0) is 14.7. The smallest absolute Gasteiger partial charge is 0.166 e. The fourth-order valence-electron chi connectivity index (χ4n) is 2.04. The van der Waals surface area contributed by atoms with Gasteiger partial charge in [0.2, 0.25) is 0 Å². The van der Waals surface area contributed by atoms with Crippen LogP contribution in [0, 0.1) is 0 Å². The van der Waals surface area contributed by atoms with Crippen LogP contribution < -0.4 is 0 Å². The first kappa shape index (κ1) is 14.4. The van der Waals surface area contributed by atoms with Gasteiger partial charge in [-0.2, -0.15) is 0 Å². The molecule has 5 heteroatoms. The van der Waals surface area contributed by atoms with Gasteiger partial charge in [0.15, 0.2) is 11.5 Å². The molecule has 0 fully saturated rings. The van der Waals surface area contributed by atoms with E-state index in [0.29, 0.717) is 23.3 Å². The van der Waals surface area contributed by atoms with Crippen LogP contribution >= 0.6 is 15.9 Å². The third-order valence-electron chi connectivity index (χ3n) is 3.06. The van der Waals surface area contributed by atoms with E-state index in [1.807, 2.05) is 31.2 Å². The van der Waals surface area contributed by atoms with E-state index >= 15 is 0 Å². The highest BCUT2D eigenvalue weighted by Crippen LogP contribution is 2.40. The van der Waals surface area contributed by atoms with Gasteiger partial charge in [-0.25, -0.2) is 0 Å². The van der Waals surface area contributed by atoms with Gasteiger partial charge in [0.05, 0.1) is 5.71 Å². The Bertz CT molecular complexity index is 651. The van der Waals surface area contributed by atoms with Crippen LogP contribution in [0.15, 0.2) is 46.0 Å². The number of halogens is 1. The van der Waals surface area contributed by atoms with Gasteiger partial charge in [-0.05, 0) is 36.2 Å². The first-order valence-electron chi connectivity index (χ1n) is 6.10. The minimum absolute atomic E-state index is 0.208. The predicted molar refractivity (Wildman–Crippen MR) is 81.5 cm³/mol. The van der Waals surface area contributed by atoms with Crippen molar-refractivity contribution in [1.82, 2.24) is 0 Å². The molecule has 2 aromatic carbocycles. The molecule has 0 saturated heterocycles. The molecule has 0 unspecified atom stereocenters. The monoisotopic (exact) mass is 335 g/mol. The molecule has 4 nitrogen and oxygen atoms in total. The summed E-state index contributed by atoms with van der Waals surface area (Å²) in [5.74, 6) is -0.431. The van der Waals surface area contributed by atoms with Crippen LogP contribution in [0.25, 0.3) is 11.1 Å². The van der Waals surface area contributed by atoms with E-state index in [1.165, 1.54) is 6.07 Å². The Hall–Kier alpha value is -2.01. The van der Waals surface area contributed by atoms with Crippen molar-refractivity contribution >= 4 is 21.6 Å². The Labute approximate surface area is 125 Å². The summed E-state index contributed by atoms with van der Waals surface area (Å²) in [4.78, 5) is 0. The largest absolute Gasteiger partial charge is 0.504 e. The number of oxime groups is 1. The summed E-state index contributed by atoms with van der Waals surface area (Å²) in [5.41, 5.74) is 2.21. The second-order valence-corrected chi connectivity index (χ2v) is 5.18. The highest BCUT2D eigenvalue weighted by atomic mass is 79.9. The van der Waals surface area contributed by atoms with E-state index in [-0.39, 0.29) is 11.5 Å². The molecule has 0 aliphatic rings. The van der Waals surface area contributed by atoms with Gasteiger partial charge < -0.3 is 15.4 Å². The molecule has 0 aromatic heterocycles. The lowest BCUT2D eigenvalue weighted by Gasteiger charge is -2.13. The molecular formula is C15H14BrNO3. The van der Waals surface area contributed by atoms with E-state index < -0.39 is 0 Å². The summed E-state index contributed by atoms with van der Waals surface area (Å²) in [6.07, 6.45) is 0.504. The molecular weight excluding hydrogens is 322 g/mol.